The Kier molecular flexibility index (Phi) is 6.19. The van der Waals surface area contributed by atoms with Crippen molar-refractivity contribution in [2.24, 2.45) is 11.8 Å². The van der Waals surface area contributed by atoms with E-state index >= 15 is 0 Å². The molecule has 7 nitrogen and oxygen atoms in total. The van der Waals surface area contributed by atoms with Crippen molar-refractivity contribution in [2.75, 3.05) is 45.9 Å². The normalized spacial score (nSPS) is 22.9. The number of hydrogen-bond donors (Lipinski definition) is 2. The van der Waals surface area contributed by atoms with Crippen molar-refractivity contribution >= 4 is 33.4 Å². The van der Waals surface area contributed by atoms with Crippen LogP contribution in [0.3, 0.4) is 0 Å². The van der Waals surface area contributed by atoms with E-state index in [4.69, 9.17) is 4.74 Å². The van der Waals surface area contributed by atoms with E-state index in [9.17, 15) is 9.59 Å². The largest absolute Gasteiger partial charge is 0.378 e. The Balaban J connectivity index is 1.26. The number of morpholine rings is 1. The highest BCUT2D eigenvalue weighted by atomic mass is 32.1. The predicted octanol–water partition coefficient (Wildman–Crippen LogP) is 1.04. The maximum Gasteiger partial charge on any atom is 0.227 e. The molecule has 2 aliphatic rings. The van der Waals surface area contributed by atoms with Crippen molar-refractivity contribution in [2.45, 2.75) is 12.8 Å². The zero-order valence-electron chi connectivity index (χ0n) is 15.9. The molecule has 3 heterocycles. The van der Waals surface area contributed by atoms with Crippen molar-refractivity contribution in [1.82, 2.24) is 20.5 Å². The van der Waals surface area contributed by atoms with E-state index in [-0.39, 0.29) is 23.7 Å². The molecular formula is C20H26N4O3S. The second kappa shape index (κ2) is 8.98. The lowest BCUT2D eigenvalue weighted by Gasteiger charge is -2.34. The van der Waals surface area contributed by atoms with Crippen LogP contribution in [0.2, 0.25) is 0 Å². The average molecular weight is 403 g/mol. The Morgan fingerprint density at radius 2 is 2.00 bits per heavy atom. The van der Waals surface area contributed by atoms with Crippen molar-refractivity contribution < 1.29 is 14.3 Å². The van der Waals surface area contributed by atoms with Crippen LogP contribution < -0.4 is 10.6 Å². The number of hydrogen-bond acceptors (Lipinski definition) is 6. The highest BCUT2D eigenvalue weighted by Gasteiger charge is 2.33. The number of para-hydroxylation sites is 1. The van der Waals surface area contributed by atoms with Gasteiger partial charge in [0.2, 0.25) is 11.8 Å². The Morgan fingerprint density at radius 3 is 2.82 bits per heavy atom. The molecule has 0 bridgehead atoms. The molecule has 0 spiro atoms. The van der Waals surface area contributed by atoms with Gasteiger partial charge in [-0.3, -0.25) is 9.59 Å². The molecule has 150 valence electrons. The lowest BCUT2D eigenvalue weighted by Crippen LogP contribution is -2.51. The van der Waals surface area contributed by atoms with Crippen molar-refractivity contribution in [3.05, 3.63) is 29.3 Å². The van der Waals surface area contributed by atoms with Crippen LogP contribution >= 0.6 is 11.3 Å². The van der Waals surface area contributed by atoms with Gasteiger partial charge < -0.3 is 20.3 Å². The summed E-state index contributed by atoms with van der Waals surface area (Å²) in [6.45, 7) is 4.33. The number of aromatic nitrogens is 1. The number of amides is 2. The van der Waals surface area contributed by atoms with Crippen LogP contribution in [0.5, 0.6) is 0 Å². The Morgan fingerprint density at radius 1 is 1.21 bits per heavy atom. The fourth-order valence-corrected chi connectivity index (χ4v) is 4.80. The quantitative estimate of drug-likeness (QED) is 0.781. The first kappa shape index (κ1) is 19.3. The summed E-state index contributed by atoms with van der Waals surface area (Å²) in [5.74, 6) is -0.137. The lowest BCUT2D eigenvalue weighted by molar-refractivity contribution is -0.141. The molecule has 2 aliphatic heterocycles. The first-order valence-corrected chi connectivity index (χ1v) is 10.7. The van der Waals surface area contributed by atoms with Crippen molar-refractivity contribution in [1.29, 1.82) is 0 Å². The number of carbonyl (C=O) groups is 2. The molecule has 8 heteroatoms. The number of rotatable bonds is 5. The molecule has 1 aromatic carbocycles. The Bertz CT molecular complexity index is 801. The summed E-state index contributed by atoms with van der Waals surface area (Å²) in [5.41, 5.74) is 1.01. The van der Waals surface area contributed by atoms with Gasteiger partial charge in [0.1, 0.15) is 0 Å². The van der Waals surface area contributed by atoms with Crippen LogP contribution in [0.1, 0.15) is 11.4 Å². The summed E-state index contributed by atoms with van der Waals surface area (Å²) < 4.78 is 6.49. The number of piperidine rings is 1. The maximum absolute atomic E-state index is 12.7. The van der Waals surface area contributed by atoms with E-state index in [1.807, 2.05) is 23.1 Å². The third kappa shape index (κ3) is 4.51. The summed E-state index contributed by atoms with van der Waals surface area (Å²) >= 11 is 1.67. The summed E-state index contributed by atoms with van der Waals surface area (Å²) in [5, 5.41) is 7.32. The summed E-state index contributed by atoms with van der Waals surface area (Å²) in [6.07, 6.45) is 1.33. The van der Waals surface area contributed by atoms with E-state index in [0.717, 1.165) is 16.9 Å². The van der Waals surface area contributed by atoms with Gasteiger partial charge in [-0.05, 0) is 18.6 Å². The van der Waals surface area contributed by atoms with Gasteiger partial charge in [0.25, 0.3) is 0 Å². The van der Waals surface area contributed by atoms with Gasteiger partial charge in [-0.2, -0.15) is 0 Å². The molecule has 2 saturated heterocycles. The van der Waals surface area contributed by atoms with Gasteiger partial charge in [0.05, 0.1) is 40.3 Å². The van der Waals surface area contributed by atoms with Crippen LogP contribution in [-0.4, -0.2) is 67.6 Å². The van der Waals surface area contributed by atoms with Gasteiger partial charge in [-0.15, -0.1) is 11.3 Å². The van der Waals surface area contributed by atoms with Crippen LogP contribution in [0, 0.1) is 11.8 Å². The zero-order chi connectivity index (χ0) is 19.3. The van der Waals surface area contributed by atoms with Crippen LogP contribution in [0.25, 0.3) is 10.2 Å². The van der Waals surface area contributed by atoms with Crippen LogP contribution in [0.4, 0.5) is 0 Å². The molecule has 28 heavy (non-hydrogen) atoms. The third-order valence-electron chi connectivity index (χ3n) is 5.37. The van der Waals surface area contributed by atoms with Gasteiger partial charge in [-0.25, -0.2) is 4.98 Å². The minimum absolute atomic E-state index is 0.0214. The molecule has 2 amide bonds. The van der Waals surface area contributed by atoms with Gasteiger partial charge >= 0.3 is 0 Å². The average Bonchev–Trinajstić information content (AvgIpc) is 3.16. The Hall–Kier alpha value is -2.03. The van der Waals surface area contributed by atoms with E-state index < -0.39 is 0 Å². The van der Waals surface area contributed by atoms with E-state index in [2.05, 4.69) is 21.7 Å². The molecule has 1 aromatic heterocycles. The van der Waals surface area contributed by atoms with Crippen molar-refractivity contribution in [3.63, 3.8) is 0 Å². The highest BCUT2D eigenvalue weighted by molar-refractivity contribution is 7.18. The first-order valence-electron chi connectivity index (χ1n) is 9.90. The molecule has 0 saturated carbocycles. The molecule has 0 unspecified atom stereocenters. The standard InChI is InChI=1S/C20H26N4O3S/c25-19(22-6-5-18-23-16-3-1-2-4-17(16)28-18)14-11-15(13-21-12-14)20(26)24-7-9-27-10-8-24/h1-4,14-15,21H,5-13H2,(H,22,25)/t14-,15+/m1/s1. The van der Waals surface area contributed by atoms with Crippen LogP contribution in [-0.2, 0) is 20.7 Å². The monoisotopic (exact) mass is 402 g/mol. The number of thiazole rings is 1. The number of fused-ring (bicyclic) bond motifs is 1. The summed E-state index contributed by atoms with van der Waals surface area (Å²) in [7, 11) is 0. The zero-order valence-corrected chi connectivity index (χ0v) is 16.7. The molecule has 2 aromatic rings. The van der Waals surface area contributed by atoms with Crippen LogP contribution in [0.15, 0.2) is 24.3 Å². The van der Waals surface area contributed by atoms with E-state index in [1.54, 1.807) is 11.3 Å². The van der Waals surface area contributed by atoms with Crippen molar-refractivity contribution in [3.8, 4) is 0 Å². The van der Waals surface area contributed by atoms with E-state index in [1.165, 1.54) is 4.70 Å². The molecule has 0 aliphatic carbocycles. The minimum atomic E-state index is -0.167. The molecule has 2 fully saturated rings. The molecule has 2 atom stereocenters. The number of nitrogens with zero attached hydrogens (tertiary/aromatic N) is 2. The first-order chi connectivity index (χ1) is 13.7. The molecule has 0 radical (unpaired) electrons. The van der Waals surface area contributed by atoms with E-state index in [0.29, 0.717) is 52.4 Å². The second-order valence-corrected chi connectivity index (χ2v) is 8.46. The van der Waals surface area contributed by atoms with Gasteiger partial charge in [0, 0.05) is 39.1 Å². The summed E-state index contributed by atoms with van der Waals surface area (Å²) in [6, 6.07) is 8.07. The predicted molar refractivity (Wildman–Crippen MR) is 108 cm³/mol. The number of ether oxygens (including phenoxy) is 1. The second-order valence-electron chi connectivity index (χ2n) is 7.34. The Labute approximate surface area is 168 Å². The fraction of sp³-hybridized carbons (Fsp3) is 0.550. The number of nitrogens with one attached hydrogen (secondary N) is 2. The fourth-order valence-electron chi connectivity index (χ4n) is 3.84. The smallest absolute Gasteiger partial charge is 0.227 e. The minimum Gasteiger partial charge on any atom is -0.378 e. The third-order valence-corrected chi connectivity index (χ3v) is 6.47. The topological polar surface area (TPSA) is 83.6 Å². The van der Waals surface area contributed by atoms with Gasteiger partial charge in [0.15, 0.2) is 0 Å². The summed E-state index contributed by atoms with van der Waals surface area (Å²) in [4.78, 5) is 31.8. The lowest BCUT2D eigenvalue weighted by atomic mass is 9.88. The molecule has 4 rings (SSSR count). The SMILES string of the molecule is O=C(NCCc1nc2ccccc2s1)[C@H]1CNC[C@@H](C(=O)N2CCOCC2)C1. The maximum atomic E-state index is 12.7. The number of carbonyl (C=O) groups excluding carboxylic acids is 2. The molecular weight excluding hydrogens is 376 g/mol. The number of benzene rings is 1. The highest BCUT2D eigenvalue weighted by Crippen LogP contribution is 2.22. The molecule has 2 N–H and O–H groups in total. The van der Waals surface area contributed by atoms with Gasteiger partial charge in [-0.1, -0.05) is 12.1 Å².